The standard InChI is InChI=1S/C8H8.C7H8O.2C5H6/c1-2-8-6-4-3-5-7-8;1-6-2-4-7(8)5-3-6;2*1-2-4-5-3-1/h2-7H,1H2;2-5,8H,1H3;2*1-4H,5H2. The molecule has 0 spiro atoms. The molecule has 4 rings (SSSR count). The molecule has 0 bridgehead atoms. The van der Waals surface area contributed by atoms with E-state index in [4.69, 9.17) is 5.11 Å². The van der Waals surface area contributed by atoms with Crippen molar-refractivity contribution in [2.75, 3.05) is 0 Å². The molecule has 0 saturated heterocycles. The predicted octanol–water partition coefficient (Wildman–Crippen LogP) is 7.04. The van der Waals surface area contributed by atoms with Gasteiger partial charge in [-0.2, -0.15) is 0 Å². The van der Waals surface area contributed by atoms with Gasteiger partial charge in [0, 0.05) is 0 Å². The van der Waals surface area contributed by atoms with Crippen LogP contribution in [0, 0.1) is 6.92 Å². The third-order valence-electron chi connectivity index (χ3n) is 3.38. The molecule has 0 saturated carbocycles. The lowest BCUT2D eigenvalue weighted by Gasteiger charge is -1.89. The highest BCUT2D eigenvalue weighted by molar-refractivity contribution is 5.45. The van der Waals surface area contributed by atoms with Crippen LogP contribution >= 0.6 is 0 Å². The zero-order valence-corrected chi connectivity index (χ0v) is 15.5. The number of rotatable bonds is 1. The molecule has 0 aliphatic heterocycles. The zero-order chi connectivity index (χ0) is 18.9. The number of hydrogen-bond donors (Lipinski definition) is 1. The summed E-state index contributed by atoms with van der Waals surface area (Å²) in [6, 6.07) is 17.1. The number of benzene rings is 2. The van der Waals surface area contributed by atoms with Crippen LogP contribution in [-0.4, -0.2) is 5.11 Å². The molecule has 0 fully saturated rings. The normalized spacial score (nSPS) is 12.2. The first-order chi connectivity index (χ1) is 12.7. The van der Waals surface area contributed by atoms with Crippen molar-refractivity contribution >= 4 is 6.08 Å². The molecule has 2 aliphatic carbocycles. The number of allylic oxidation sites excluding steroid dienone is 8. The maximum atomic E-state index is 8.76. The fourth-order valence-electron chi connectivity index (χ4n) is 1.92. The Morgan fingerprint density at radius 2 is 1.19 bits per heavy atom. The molecule has 0 aromatic heterocycles. The van der Waals surface area contributed by atoms with Crippen LogP contribution in [0.15, 0.2) is 110 Å². The van der Waals surface area contributed by atoms with Gasteiger partial charge in [-0.1, -0.05) is 109 Å². The van der Waals surface area contributed by atoms with Gasteiger partial charge in [-0.25, -0.2) is 0 Å². The average Bonchev–Trinajstić information content (AvgIpc) is 3.44. The van der Waals surface area contributed by atoms with Crippen molar-refractivity contribution in [1.82, 2.24) is 0 Å². The minimum Gasteiger partial charge on any atom is -0.508 e. The van der Waals surface area contributed by atoms with Crippen LogP contribution in [0.1, 0.15) is 24.0 Å². The molecule has 2 aromatic rings. The third kappa shape index (κ3) is 11.5. The van der Waals surface area contributed by atoms with Crippen LogP contribution in [0.5, 0.6) is 5.75 Å². The Labute approximate surface area is 158 Å². The van der Waals surface area contributed by atoms with Crippen LogP contribution in [-0.2, 0) is 0 Å². The van der Waals surface area contributed by atoms with E-state index in [0.29, 0.717) is 5.75 Å². The Hall–Kier alpha value is -3.06. The van der Waals surface area contributed by atoms with Crippen molar-refractivity contribution in [2.45, 2.75) is 19.8 Å². The number of phenolic OH excluding ortho intramolecular Hbond substituents is 1. The van der Waals surface area contributed by atoms with E-state index in [1.54, 1.807) is 12.1 Å². The van der Waals surface area contributed by atoms with Crippen LogP contribution in [0.25, 0.3) is 6.08 Å². The Morgan fingerprint density at radius 1 is 0.731 bits per heavy atom. The number of hydrogen-bond acceptors (Lipinski definition) is 1. The Morgan fingerprint density at radius 3 is 1.46 bits per heavy atom. The Kier molecular flexibility index (Phi) is 11.5. The van der Waals surface area contributed by atoms with E-state index in [1.165, 1.54) is 11.1 Å². The van der Waals surface area contributed by atoms with Crippen LogP contribution in [0.4, 0.5) is 0 Å². The summed E-state index contributed by atoms with van der Waals surface area (Å²) in [4.78, 5) is 0. The summed E-state index contributed by atoms with van der Waals surface area (Å²) in [5, 5.41) is 8.76. The minimum absolute atomic E-state index is 0.329. The summed E-state index contributed by atoms with van der Waals surface area (Å²) in [5.41, 5.74) is 2.34. The Balaban J connectivity index is 0.000000177. The fourth-order valence-corrected chi connectivity index (χ4v) is 1.92. The summed E-state index contributed by atoms with van der Waals surface area (Å²) in [7, 11) is 0. The maximum Gasteiger partial charge on any atom is 0.115 e. The highest BCUT2D eigenvalue weighted by Gasteiger charge is 1.82. The van der Waals surface area contributed by atoms with E-state index < -0.39 is 0 Å². The molecule has 0 unspecified atom stereocenters. The maximum absolute atomic E-state index is 8.76. The average molecular weight is 344 g/mol. The summed E-state index contributed by atoms with van der Waals surface area (Å²) in [5.74, 6) is 0.329. The van der Waals surface area contributed by atoms with Crippen molar-refractivity contribution in [2.24, 2.45) is 0 Å². The second-order valence-corrected chi connectivity index (χ2v) is 5.63. The number of aryl methyl sites for hydroxylation is 1. The summed E-state index contributed by atoms with van der Waals surface area (Å²) >= 11 is 0. The highest BCUT2D eigenvalue weighted by Crippen LogP contribution is 2.07. The number of phenols is 1. The third-order valence-corrected chi connectivity index (χ3v) is 3.38. The fraction of sp³-hybridized carbons (Fsp3) is 0.120. The van der Waals surface area contributed by atoms with Crippen molar-refractivity contribution in [3.63, 3.8) is 0 Å². The second-order valence-electron chi connectivity index (χ2n) is 5.63. The molecule has 0 atom stereocenters. The quantitative estimate of drug-likeness (QED) is 0.588. The molecule has 2 aromatic carbocycles. The number of aromatic hydroxyl groups is 1. The SMILES string of the molecule is C1=CCC=C1.C1=CCC=C1.C=Cc1ccccc1.Cc1ccc(O)cc1. The van der Waals surface area contributed by atoms with Gasteiger partial charge in [0.2, 0.25) is 0 Å². The van der Waals surface area contributed by atoms with E-state index in [9.17, 15) is 0 Å². The smallest absolute Gasteiger partial charge is 0.115 e. The van der Waals surface area contributed by atoms with Gasteiger partial charge in [0.1, 0.15) is 5.75 Å². The van der Waals surface area contributed by atoms with Gasteiger partial charge in [-0.15, -0.1) is 0 Å². The highest BCUT2D eigenvalue weighted by atomic mass is 16.3. The summed E-state index contributed by atoms with van der Waals surface area (Å²) in [6.45, 7) is 5.62. The topological polar surface area (TPSA) is 20.2 Å². The second kappa shape index (κ2) is 14.3. The Bertz CT molecular complexity index is 654. The first kappa shape index (κ1) is 21.0. The zero-order valence-electron chi connectivity index (χ0n) is 15.5. The van der Waals surface area contributed by atoms with Crippen LogP contribution in [0.3, 0.4) is 0 Å². The molecule has 0 amide bonds. The lowest BCUT2D eigenvalue weighted by atomic mass is 10.2. The van der Waals surface area contributed by atoms with Gasteiger partial charge in [0.15, 0.2) is 0 Å². The van der Waals surface area contributed by atoms with Crippen molar-refractivity contribution in [3.05, 3.63) is 121 Å². The minimum atomic E-state index is 0.329. The molecule has 1 nitrogen and oxygen atoms in total. The van der Waals surface area contributed by atoms with Gasteiger partial charge >= 0.3 is 0 Å². The molecule has 0 heterocycles. The van der Waals surface area contributed by atoms with Crippen molar-refractivity contribution in [1.29, 1.82) is 0 Å². The monoisotopic (exact) mass is 344 g/mol. The van der Waals surface area contributed by atoms with E-state index in [2.05, 4.69) is 55.2 Å². The van der Waals surface area contributed by atoms with Crippen molar-refractivity contribution < 1.29 is 5.11 Å². The van der Waals surface area contributed by atoms with E-state index >= 15 is 0 Å². The molecular formula is C25H28O. The molecule has 134 valence electrons. The van der Waals surface area contributed by atoms with Gasteiger partial charge in [0.05, 0.1) is 0 Å². The van der Waals surface area contributed by atoms with Gasteiger partial charge in [0.25, 0.3) is 0 Å². The van der Waals surface area contributed by atoms with Gasteiger partial charge < -0.3 is 5.11 Å². The van der Waals surface area contributed by atoms with Crippen molar-refractivity contribution in [3.8, 4) is 5.75 Å². The molecule has 2 aliphatic rings. The first-order valence-electron chi connectivity index (χ1n) is 8.79. The van der Waals surface area contributed by atoms with E-state index in [0.717, 1.165) is 12.8 Å². The molecule has 1 heteroatoms. The summed E-state index contributed by atoms with van der Waals surface area (Å²) in [6.07, 6.45) is 20.8. The van der Waals surface area contributed by atoms with Crippen LogP contribution in [0.2, 0.25) is 0 Å². The molecule has 26 heavy (non-hydrogen) atoms. The lowest BCUT2D eigenvalue weighted by Crippen LogP contribution is -1.66. The first-order valence-corrected chi connectivity index (χ1v) is 8.79. The van der Waals surface area contributed by atoms with Crippen LogP contribution < -0.4 is 0 Å². The largest absolute Gasteiger partial charge is 0.508 e. The molecule has 0 radical (unpaired) electrons. The summed E-state index contributed by atoms with van der Waals surface area (Å²) < 4.78 is 0. The van der Waals surface area contributed by atoms with E-state index in [-0.39, 0.29) is 0 Å². The lowest BCUT2D eigenvalue weighted by molar-refractivity contribution is 0.475. The predicted molar refractivity (Wildman–Crippen MR) is 115 cm³/mol. The molecule has 1 N–H and O–H groups in total. The van der Waals surface area contributed by atoms with E-state index in [1.807, 2.05) is 55.5 Å². The molecular weight excluding hydrogens is 316 g/mol. The van der Waals surface area contributed by atoms with Gasteiger partial charge in [-0.05, 0) is 37.5 Å². The van der Waals surface area contributed by atoms with Gasteiger partial charge in [-0.3, -0.25) is 0 Å².